The molecule has 0 heterocycles. The Balaban J connectivity index is 0.000000490. The average Bonchev–Trinajstić information content (AvgIpc) is 1.87. The van der Waals surface area contributed by atoms with Gasteiger partial charge in [0, 0.05) is 27.5 Å². The van der Waals surface area contributed by atoms with Gasteiger partial charge < -0.3 is 5.11 Å². The maximum atomic E-state index is 10.2. The second-order valence-corrected chi connectivity index (χ2v) is 1.62. The molecule has 0 spiro atoms. The zero-order chi connectivity index (χ0) is 5.28. The van der Waals surface area contributed by atoms with Crippen LogP contribution in [0.25, 0.3) is 0 Å². The predicted octanol–water partition coefficient (Wildman–Crippen LogP) is 0.789. The van der Waals surface area contributed by atoms with Crippen molar-refractivity contribution in [2.75, 3.05) is 0 Å². The summed E-state index contributed by atoms with van der Waals surface area (Å²) in [6, 6.07) is 0. The van der Waals surface area contributed by atoms with Crippen LogP contribution in [0, 0.1) is 0 Å². The fourth-order valence-electron chi connectivity index (χ4n) is 0.578. The van der Waals surface area contributed by atoms with Gasteiger partial charge in [-0.25, -0.2) is 0 Å². The predicted molar refractivity (Wildman–Crippen MR) is 25.0 cm³/mol. The van der Waals surface area contributed by atoms with Crippen molar-refractivity contribution in [1.82, 2.24) is 0 Å². The zero-order valence-electron chi connectivity index (χ0n) is 4.26. The molecule has 0 saturated carbocycles. The van der Waals surface area contributed by atoms with E-state index in [1.807, 2.05) is 0 Å². The molecule has 0 aromatic carbocycles. The SMILES string of the molecule is O=C1CC=C(O)C1.[W]. The van der Waals surface area contributed by atoms with Crippen molar-refractivity contribution in [2.24, 2.45) is 0 Å². The fourth-order valence-corrected chi connectivity index (χ4v) is 0.578. The third-order valence-corrected chi connectivity index (χ3v) is 0.944. The molecule has 1 aliphatic rings. The van der Waals surface area contributed by atoms with Crippen LogP contribution >= 0.6 is 0 Å². The smallest absolute Gasteiger partial charge is 0.144 e. The second kappa shape index (κ2) is 3.03. The van der Waals surface area contributed by atoms with Gasteiger partial charge in [0.25, 0.3) is 0 Å². The van der Waals surface area contributed by atoms with E-state index in [9.17, 15) is 4.79 Å². The molecule has 3 heteroatoms. The molecule has 1 N–H and O–H groups in total. The van der Waals surface area contributed by atoms with Gasteiger partial charge in [0.05, 0.1) is 12.2 Å². The van der Waals surface area contributed by atoms with Crippen LogP contribution in [0.3, 0.4) is 0 Å². The monoisotopic (exact) mass is 282 g/mol. The first kappa shape index (κ1) is 7.90. The molecule has 0 unspecified atom stereocenters. The molecule has 0 radical (unpaired) electrons. The zero-order valence-corrected chi connectivity index (χ0v) is 7.19. The van der Waals surface area contributed by atoms with E-state index in [1.54, 1.807) is 6.08 Å². The van der Waals surface area contributed by atoms with Crippen molar-refractivity contribution < 1.29 is 31.0 Å². The molecule has 0 aromatic heterocycles. The topological polar surface area (TPSA) is 37.3 Å². The molecule has 44 valence electrons. The normalized spacial score (nSPS) is 17.5. The van der Waals surface area contributed by atoms with Crippen molar-refractivity contribution in [3.05, 3.63) is 11.8 Å². The molecule has 0 amide bonds. The van der Waals surface area contributed by atoms with Gasteiger partial charge in [0.2, 0.25) is 0 Å². The van der Waals surface area contributed by atoms with Crippen molar-refractivity contribution >= 4 is 5.78 Å². The van der Waals surface area contributed by atoms with Gasteiger partial charge in [-0.3, -0.25) is 4.79 Å². The van der Waals surface area contributed by atoms with Gasteiger partial charge in [0.1, 0.15) is 5.78 Å². The summed E-state index contributed by atoms with van der Waals surface area (Å²) in [5.41, 5.74) is 0. The van der Waals surface area contributed by atoms with Crippen molar-refractivity contribution in [3.63, 3.8) is 0 Å². The maximum absolute atomic E-state index is 10.2. The summed E-state index contributed by atoms with van der Waals surface area (Å²) in [6.07, 6.45) is 2.22. The van der Waals surface area contributed by atoms with Crippen LogP contribution in [0.5, 0.6) is 0 Å². The number of Topliss-reactive ketones (excluding diaryl/α,β-unsaturated/α-hetero) is 1. The van der Waals surface area contributed by atoms with Crippen LogP contribution in [0.4, 0.5) is 0 Å². The number of carbonyl (C=O) groups excluding carboxylic acids is 1. The van der Waals surface area contributed by atoms with E-state index in [0.717, 1.165) is 0 Å². The minimum Gasteiger partial charge on any atom is -0.512 e. The van der Waals surface area contributed by atoms with Gasteiger partial charge in [0.15, 0.2) is 0 Å². The van der Waals surface area contributed by atoms with E-state index < -0.39 is 0 Å². The third kappa shape index (κ3) is 1.79. The molecule has 2 nitrogen and oxygen atoms in total. The minimum absolute atomic E-state index is 0. The number of aliphatic hydroxyl groups excluding tert-OH is 1. The van der Waals surface area contributed by atoms with Gasteiger partial charge in [-0.2, -0.15) is 0 Å². The van der Waals surface area contributed by atoms with Gasteiger partial charge in [-0.1, -0.05) is 0 Å². The minimum atomic E-state index is 0. The number of hydrogen-bond donors (Lipinski definition) is 1. The molecular weight excluding hydrogens is 276 g/mol. The number of allylic oxidation sites excluding steroid dienone is 2. The van der Waals surface area contributed by atoms with Crippen molar-refractivity contribution in [2.45, 2.75) is 12.8 Å². The molecule has 1 aliphatic carbocycles. The van der Waals surface area contributed by atoms with E-state index in [-0.39, 0.29) is 39.0 Å². The summed E-state index contributed by atoms with van der Waals surface area (Å²) in [7, 11) is 0. The Hall–Kier alpha value is -0.102. The molecule has 0 fully saturated rings. The maximum Gasteiger partial charge on any atom is 0.144 e. The molecular formula is C5H6O2W. The fraction of sp³-hybridized carbons (Fsp3) is 0.400. The summed E-state index contributed by atoms with van der Waals surface area (Å²) in [5, 5.41) is 8.54. The molecule has 8 heavy (non-hydrogen) atoms. The Bertz CT molecular complexity index is 128. The quantitative estimate of drug-likeness (QED) is 0.713. The Morgan fingerprint density at radius 3 is 2.38 bits per heavy atom. The van der Waals surface area contributed by atoms with E-state index in [0.29, 0.717) is 6.42 Å². The first-order chi connectivity index (χ1) is 3.29. The van der Waals surface area contributed by atoms with Crippen LogP contribution in [0.2, 0.25) is 0 Å². The Kier molecular flexibility index (Phi) is 2.99. The van der Waals surface area contributed by atoms with Crippen LogP contribution in [0.1, 0.15) is 12.8 Å². The summed E-state index contributed by atoms with van der Waals surface area (Å²) >= 11 is 0. The molecule has 0 bridgehead atoms. The van der Waals surface area contributed by atoms with Gasteiger partial charge >= 0.3 is 0 Å². The first-order valence-corrected chi connectivity index (χ1v) is 2.19. The van der Waals surface area contributed by atoms with E-state index in [4.69, 9.17) is 5.11 Å². The third-order valence-electron chi connectivity index (χ3n) is 0.944. The van der Waals surface area contributed by atoms with Crippen molar-refractivity contribution in [1.29, 1.82) is 0 Å². The first-order valence-electron chi connectivity index (χ1n) is 2.19. The molecule has 0 saturated heterocycles. The molecule has 1 rings (SSSR count). The molecule has 0 atom stereocenters. The number of ketones is 1. The average molecular weight is 282 g/mol. The van der Waals surface area contributed by atoms with E-state index in [1.165, 1.54) is 0 Å². The van der Waals surface area contributed by atoms with E-state index >= 15 is 0 Å². The van der Waals surface area contributed by atoms with Crippen LogP contribution in [-0.4, -0.2) is 10.9 Å². The number of hydrogen-bond acceptors (Lipinski definition) is 2. The standard InChI is InChI=1S/C5H6O2.W/c6-4-1-2-5(7)3-4;/h1,6H,2-3H2;. The summed E-state index contributed by atoms with van der Waals surface area (Å²) in [6.45, 7) is 0. The summed E-state index contributed by atoms with van der Waals surface area (Å²) in [4.78, 5) is 10.2. The largest absolute Gasteiger partial charge is 0.512 e. The number of carbonyl (C=O) groups is 1. The van der Waals surface area contributed by atoms with Crippen LogP contribution < -0.4 is 0 Å². The van der Waals surface area contributed by atoms with Gasteiger partial charge in [-0.15, -0.1) is 0 Å². The van der Waals surface area contributed by atoms with E-state index in [2.05, 4.69) is 0 Å². The molecule has 0 aromatic rings. The van der Waals surface area contributed by atoms with Gasteiger partial charge in [-0.05, 0) is 6.08 Å². The summed E-state index contributed by atoms with van der Waals surface area (Å²) < 4.78 is 0. The Morgan fingerprint density at radius 1 is 1.62 bits per heavy atom. The number of aliphatic hydroxyl groups is 1. The Labute approximate surface area is 61.8 Å². The number of rotatable bonds is 0. The summed E-state index contributed by atoms with van der Waals surface area (Å²) in [5.74, 6) is 0.336. The Morgan fingerprint density at radius 2 is 2.25 bits per heavy atom. The molecule has 0 aliphatic heterocycles. The second-order valence-electron chi connectivity index (χ2n) is 1.62. The van der Waals surface area contributed by atoms with Crippen molar-refractivity contribution in [3.8, 4) is 0 Å². The van der Waals surface area contributed by atoms with Crippen LogP contribution in [0.15, 0.2) is 11.8 Å². The van der Waals surface area contributed by atoms with Crippen LogP contribution in [-0.2, 0) is 25.9 Å².